The van der Waals surface area contributed by atoms with E-state index >= 15 is 0 Å². The molecule has 3 nitrogen and oxygen atoms in total. The van der Waals surface area contributed by atoms with Gasteiger partial charge in [-0.05, 0) is 23.3 Å². The van der Waals surface area contributed by atoms with Crippen LogP contribution in [0.1, 0.15) is 120 Å². The molecule has 0 N–H and O–H groups in total. The van der Waals surface area contributed by atoms with Crippen molar-refractivity contribution in [3.05, 3.63) is 48.0 Å². The summed E-state index contributed by atoms with van der Waals surface area (Å²) in [5.41, 5.74) is 0.452. The Morgan fingerprint density at radius 2 is 1.09 bits per heavy atom. The standard InChI is InChI=1S/C29H42O3.2Pb/c1-2-3-4-5-6-7-8-9-10-11-12-13-14-15-16-24-28(30)32-29(31)27-23-19-21-25-20-17-18-22-26(25)27;;/h17-23H,2-16,24H2,1H3;;. The van der Waals surface area contributed by atoms with Crippen LogP contribution in [0.3, 0.4) is 0 Å². The van der Waals surface area contributed by atoms with E-state index < -0.39 is 11.9 Å². The second kappa shape index (κ2) is 21.9. The Kier molecular flexibility index (Phi) is 21.7. The molecule has 34 heavy (non-hydrogen) atoms. The molecular weight excluding hydrogens is 811 g/mol. The van der Waals surface area contributed by atoms with Crippen molar-refractivity contribution in [2.45, 2.75) is 110 Å². The van der Waals surface area contributed by atoms with Crippen LogP contribution in [0.4, 0.5) is 0 Å². The largest absolute Gasteiger partial charge is 0.389 e. The molecule has 0 atom stereocenters. The SMILES string of the molecule is CCCCCCCCCCCCCCCCCC(=O)OC(=O)c1cccc2ccccc12.[Pb].[Pb]. The Labute approximate surface area is 247 Å². The molecule has 184 valence electrons. The maximum absolute atomic E-state index is 12.4. The minimum atomic E-state index is -0.548. The van der Waals surface area contributed by atoms with Crippen LogP contribution in [0.2, 0.25) is 0 Å². The maximum atomic E-state index is 12.4. The Balaban J connectivity index is 0.00000544. The van der Waals surface area contributed by atoms with Gasteiger partial charge in [-0.25, -0.2) is 4.79 Å². The number of hydrogen-bond acceptors (Lipinski definition) is 3. The van der Waals surface area contributed by atoms with E-state index in [-0.39, 0.29) is 54.6 Å². The molecule has 0 aliphatic heterocycles. The molecule has 0 aliphatic rings. The number of rotatable bonds is 17. The van der Waals surface area contributed by atoms with Crippen molar-refractivity contribution < 1.29 is 14.3 Å². The summed E-state index contributed by atoms with van der Waals surface area (Å²) in [4.78, 5) is 24.4. The number of hydrogen-bond donors (Lipinski definition) is 0. The number of esters is 2. The molecule has 8 radical (unpaired) electrons. The molecule has 2 aromatic rings. The van der Waals surface area contributed by atoms with E-state index in [2.05, 4.69) is 6.92 Å². The normalized spacial score (nSPS) is 10.4. The molecule has 2 rings (SSSR count). The molecule has 0 amide bonds. The van der Waals surface area contributed by atoms with Gasteiger partial charge in [0, 0.05) is 61.0 Å². The number of unbranched alkanes of at least 4 members (excludes halogenated alkanes) is 14. The minimum absolute atomic E-state index is 0. The zero-order chi connectivity index (χ0) is 22.9. The van der Waals surface area contributed by atoms with E-state index in [9.17, 15) is 9.59 Å². The fourth-order valence-corrected chi connectivity index (χ4v) is 4.25. The van der Waals surface area contributed by atoms with Crippen molar-refractivity contribution in [3.8, 4) is 0 Å². The number of fused-ring (bicyclic) bond motifs is 1. The average Bonchev–Trinajstić information content (AvgIpc) is 2.81. The van der Waals surface area contributed by atoms with Crippen molar-refractivity contribution in [3.63, 3.8) is 0 Å². The van der Waals surface area contributed by atoms with Gasteiger partial charge >= 0.3 is 11.9 Å². The zero-order valence-corrected chi connectivity index (χ0v) is 28.9. The molecule has 0 heterocycles. The fourth-order valence-electron chi connectivity index (χ4n) is 4.25. The Morgan fingerprint density at radius 3 is 1.65 bits per heavy atom. The van der Waals surface area contributed by atoms with Crippen molar-refractivity contribution >= 4 is 77.3 Å². The number of carbonyl (C=O) groups excluding carboxylic acids is 2. The molecule has 0 spiro atoms. The van der Waals surface area contributed by atoms with E-state index in [0.717, 1.165) is 30.0 Å². The van der Waals surface area contributed by atoms with Gasteiger partial charge in [-0.15, -0.1) is 0 Å². The van der Waals surface area contributed by atoms with Crippen LogP contribution in [0, 0.1) is 0 Å². The van der Waals surface area contributed by atoms with E-state index in [0.29, 0.717) is 12.0 Å². The Bertz CT molecular complexity index is 802. The molecule has 0 saturated carbocycles. The third-order valence-corrected chi connectivity index (χ3v) is 6.20. The second-order valence-electron chi connectivity index (χ2n) is 8.99. The summed E-state index contributed by atoms with van der Waals surface area (Å²) in [6.45, 7) is 2.27. The molecular formula is C29H42O3Pb2. The smallest absolute Gasteiger partial charge is 0.346 e. The minimum Gasteiger partial charge on any atom is -0.389 e. The molecule has 2 aromatic carbocycles. The second-order valence-corrected chi connectivity index (χ2v) is 8.99. The summed E-state index contributed by atoms with van der Waals surface area (Å²) < 4.78 is 5.09. The monoisotopic (exact) mass is 854 g/mol. The first-order chi connectivity index (χ1) is 15.7. The van der Waals surface area contributed by atoms with Gasteiger partial charge in [0.15, 0.2) is 0 Å². The van der Waals surface area contributed by atoms with Crippen LogP contribution in [0.25, 0.3) is 10.8 Å². The predicted octanol–water partition coefficient (Wildman–Crippen LogP) is 8.02. The van der Waals surface area contributed by atoms with Gasteiger partial charge in [0.25, 0.3) is 0 Å². The van der Waals surface area contributed by atoms with Crippen molar-refractivity contribution in [2.24, 2.45) is 0 Å². The summed E-state index contributed by atoms with van der Waals surface area (Å²) in [5.74, 6) is -0.967. The Hall–Kier alpha value is -0.316. The molecule has 0 fully saturated rings. The van der Waals surface area contributed by atoms with Crippen molar-refractivity contribution in [1.82, 2.24) is 0 Å². The van der Waals surface area contributed by atoms with Crippen LogP contribution in [0.5, 0.6) is 0 Å². The van der Waals surface area contributed by atoms with E-state index in [1.165, 1.54) is 77.0 Å². The fraction of sp³-hybridized carbons (Fsp3) is 0.586. The van der Waals surface area contributed by atoms with E-state index in [1.807, 2.05) is 36.4 Å². The molecule has 0 unspecified atom stereocenters. The van der Waals surface area contributed by atoms with Crippen LogP contribution >= 0.6 is 0 Å². The van der Waals surface area contributed by atoms with Gasteiger partial charge in [-0.1, -0.05) is 133 Å². The maximum Gasteiger partial charge on any atom is 0.346 e. The first-order valence-corrected chi connectivity index (χ1v) is 12.9. The number of carbonyl (C=O) groups is 2. The molecule has 0 aromatic heterocycles. The van der Waals surface area contributed by atoms with Crippen LogP contribution < -0.4 is 0 Å². The zero-order valence-electron chi connectivity index (χ0n) is 21.1. The summed E-state index contributed by atoms with van der Waals surface area (Å²) >= 11 is 0. The first-order valence-electron chi connectivity index (χ1n) is 12.9. The van der Waals surface area contributed by atoms with Gasteiger partial charge in [0.05, 0.1) is 5.56 Å². The van der Waals surface area contributed by atoms with Crippen LogP contribution in [0.15, 0.2) is 42.5 Å². The third-order valence-electron chi connectivity index (χ3n) is 6.20. The third kappa shape index (κ3) is 14.3. The van der Waals surface area contributed by atoms with Gasteiger partial charge < -0.3 is 4.74 Å². The molecule has 0 saturated heterocycles. The van der Waals surface area contributed by atoms with Crippen LogP contribution in [-0.4, -0.2) is 66.5 Å². The Morgan fingerprint density at radius 1 is 0.618 bits per heavy atom. The van der Waals surface area contributed by atoms with Crippen molar-refractivity contribution in [1.29, 1.82) is 0 Å². The molecule has 0 aliphatic carbocycles. The van der Waals surface area contributed by atoms with E-state index in [1.54, 1.807) is 6.07 Å². The van der Waals surface area contributed by atoms with Crippen molar-refractivity contribution in [2.75, 3.05) is 0 Å². The van der Waals surface area contributed by atoms with Gasteiger partial charge in [-0.3, -0.25) is 4.79 Å². The topological polar surface area (TPSA) is 43.4 Å². The van der Waals surface area contributed by atoms with Gasteiger partial charge in [0.2, 0.25) is 0 Å². The summed E-state index contributed by atoms with van der Waals surface area (Å²) in [7, 11) is 0. The van der Waals surface area contributed by atoms with Crippen LogP contribution in [-0.2, 0) is 9.53 Å². The summed E-state index contributed by atoms with van der Waals surface area (Å²) in [5, 5.41) is 1.79. The molecule has 5 heteroatoms. The first kappa shape index (κ1) is 33.7. The summed E-state index contributed by atoms with van der Waals surface area (Å²) in [6, 6.07) is 13.1. The number of benzene rings is 2. The van der Waals surface area contributed by atoms with E-state index in [4.69, 9.17) is 4.74 Å². The quantitative estimate of drug-likeness (QED) is 0.0702. The average molecular weight is 853 g/mol. The number of ether oxygens (including phenoxy) is 1. The van der Waals surface area contributed by atoms with Gasteiger partial charge in [-0.2, -0.15) is 0 Å². The summed E-state index contributed by atoms with van der Waals surface area (Å²) in [6.07, 6.45) is 19.6. The van der Waals surface area contributed by atoms with Gasteiger partial charge in [0.1, 0.15) is 0 Å². The molecule has 0 bridgehead atoms. The predicted molar refractivity (Wildman–Crippen MR) is 145 cm³/mol.